The van der Waals surface area contributed by atoms with E-state index in [1.807, 2.05) is 121 Å². The number of nitrogens with zero attached hydrogens (tertiary/aromatic N) is 1. The van der Waals surface area contributed by atoms with E-state index in [2.05, 4.69) is 0 Å². The van der Waals surface area contributed by atoms with Crippen LogP contribution in [0.25, 0.3) is 0 Å². The minimum absolute atomic E-state index is 0.00319. The van der Waals surface area contributed by atoms with E-state index in [1.165, 1.54) is 11.1 Å². The summed E-state index contributed by atoms with van der Waals surface area (Å²) in [5.41, 5.74) is 3.64. The molecule has 1 N–H and O–H groups in total. The summed E-state index contributed by atoms with van der Waals surface area (Å²) in [6.45, 7) is 0.801. The lowest BCUT2D eigenvalue weighted by Gasteiger charge is -2.34. The number of hydrogen-bond donors (Lipinski definition) is 1. The molecule has 4 atom stereocenters. The van der Waals surface area contributed by atoms with Crippen LogP contribution in [0.1, 0.15) is 22.3 Å². The molecule has 0 heterocycles. The number of rotatable bonds is 20. The molecule has 0 saturated carbocycles. The van der Waals surface area contributed by atoms with Gasteiger partial charge in [-0.3, -0.25) is 9.63 Å². The molecule has 0 aromatic heterocycles. The maximum atomic E-state index is 12.2. The summed E-state index contributed by atoms with van der Waals surface area (Å²) in [7, 11) is -2.88. The van der Waals surface area contributed by atoms with Crippen LogP contribution in [0.5, 0.6) is 0 Å². The van der Waals surface area contributed by atoms with Gasteiger partial charge in [-0.1, -0.05) is 121 Å². The lowest BCUT2D eigenvalue weighted by molar-refractivity contribution is -0.205. The topological polar surface area (TPSA) is 104 Å². The standard InChI is InChI=1S/C35H36NO8P/c37-28-36(43-27-32-19-11-4-12-20-32)23-34(41-25-30-15-7-2-8-16-30)35(42-26-31-17-9-3-10-18-31)33(21-22-44-45(38)39)40-24-29-13-5-1-6-14-29/h1-22,28,33-35H,23-27H2/p+1/t33-,34-,35+/m1/s1. The number of carbonyl (C=O) groups excluding carboxylic acids is 1. The molecule has 0 saturated heterocycles. The van der Waals surface area contributed by atoms with Crippen molar-refractivity contribution in [1.29, 1.82) is 0 Å². The zero-order valence-corrected chi connectivity index (χ0v) is 25.6. The van der Waals surface area contributed by atoms with Crippen LogP contribution in [0.2, 0.25) is 0 Å². The molecule has 1 unspecified atom stereocenters. The van der Waals surface area contributed by atoms with E-state index >= 15 is 0 Å². The lowest BCUT2D eigenvalue weighted by Crippen LogP contribution is -2.47. The second-order valence-electron chi connectivity index (χ2n) is 9.99. The van der Waals surface area contributed by atoms with Crippen molar-refractivity contribution >= 4 is 14.7 Å². The van der Waals surface area contributed by atoms with E-state index in [9.17, 15) is 14.3 Å². The van der Waals surface area contributed by atoms with Gasteiger partial charge < -0.3 is 14.2 Å². The first kappa shape index (κ1) is 33.7. The van der Waals surface area contributed by atoms with Gasteiger partial charge >= 0.3 is 8.25 Å². The Kier molecular flexibility index (Phi) is 14.4. The Labute approximate surface area is 264 Å². The second-order valence-corrected chi connectivity index (χ2v) is 10.7. The molecule has 1 amide bonds. The summed E-state index contributed by atoms with van der Waals surface area (Å²) in [5, 5.41) is 1.18. The van der Waals surface area contributed by atoms with E-state index < -0.39 is 26.6 Å². The van der Waals surface area contributed by atoms with Crippen molar-refractivity contribution in [2.24, 2.45) is 0 Å². The Bertz CT molecular complexity index is 1430. The quantitative estimate of drug-likeness (QED) is 0.0510. The van der Waals surface area contributed by atoms with Gasteiger partial charge in [0.2, 0.25) is 6.41 Å². The van der Waals surface area contributed by atoms with E-state index in [4.69, 9.17) is 23.6 Å². The number of hydroxylamine groups is 2. The minimum Gasteiger partial charge on any atom is -0.369 e. The molecule has 0 bridgehead atoms. The zero-order valence-electron chi connectivity index (χ0n) is 24.7. The maximum Gasteiger partial charge on any atom is 0.746 e. The molecule has 4 aromatic rings. The highest BCUT2D eigenvalue weighted by Gasteiger charge is 2.33. The highest BCUT2D eigenvalue weighted by atomic mass is 31.1. The number of ether oxygens (including phenoxy) is 3. The van der Waals surface area contributed by atoms with Crippen LogP contribution in [-0.4, -0.2) is 41.2 Å². The van der Waals surface area contributed by atoms with Gasteiger partial charge in [-0.25, -0.2) is 9.59 Å². The Morgan fingerprint density at radius 2 is 1.09 bits per heavy atom. The summed E-state index contributed by atoms with van der Waals surface area (Å²) >= 11 is 0. The largest absolute Gasteiger partial charge is 0.746 e. The summed E-state index contributed by atoms with van der Waals surface area (Å²) < 4.78 is 35.5. The summed E-state index contributed by atoms with van der Waals surface area (Å²) in [6, 6.07) is 38.3. The van der Waals surface area contributed by atoms with E-state index in [-0.39, 0.29) is 33.0 Å². The SMILES string of the molecule is O=CN(C[C@@H](OCc1ccccc1)[C@@H](OCc1ccccc1)[C@@H](C=CO[P+](=O)O)OCc1ccccc1)OCc1ccccc1. The Balaban J connectivity index is 1.64. The fraction of sp³-hybridized carbons (Fsp3) is 0.229. The lowest BCUT2D eigenvalue weighted by atomic mass is 10.1. The zero-order chi connectivity index (χ0) is 31.5. The van der Waals surface area contributed by atoms with Crippen molar-refractivity contribution in [3.05, 3.63) is 156 Å². The van der Waals surface area contributed by atoms with Crippen LogP contribution in [0, 0.1) is 0 Å². The molecule has 0 fully saturated rings. The van der Waals surface area contributed by atoms with Crippen molar-refractivity contribution in [1.82, 2.24) is 5.06 Å². The highest BCUT2D eigenvalue weighted by molar-refractivity contribution is 7.32. The van der Waals surface area contributed by atoms with Gasteiger partial charge in [0.25, 0.3) is 0 Å². The summed E-state index contributed by atoms with van der Waals surface area (Å²) in [5.74, 6) is 0. The third kappa shape index (κ3) is 12.4. The van der Waals surface area contributed by atoms with Crippen molar-refractivity contribution < 1.29 is 37.8 Å². The highest BCUT2D eigenvalue weighted by Crippen LogP contribution is 2.22. The van der Waals surface area contributed by atoms with E-state index in [0.717, 1.165) is 28.5 Å². The first-order chi connectivity index (χ1) is 22.1. The summed E-state index contributed by atoms with van der Waals surface area (Å²) in [4.78, 5) is 27.4. The number of amides is 1. The molecule has 9 nitrogen and oxygen atoms in total. The monoisotopic (exact) mass is 630 g/mol. The average molecular weight is 631 g/mol. The van der Waals surface area contributed by atoms with Gasteiger partial charge in [-0.15, -0.1) is 4.89 Å². The van der Waals surface area contributed by atoms with Crippen LogP contribution in [-0.2, 0) is 59.4 Å². The Morgan fingerprint density at radius 1 is 0.644 bits per heavy atom. The molecule has 0 radical (unpaired) electrons. The van der Waals surface area contributed by atoms with Crippen molar-refractivity contribution in [2.75, 3.05) is 6.54 Å². The van der Waals surface area contributed by atoms with E-state index in [1.54, 1.807) is 0 Å². The van der Waals surface area contributed by atoms with Crippen molar-refractivity contribution in [2.45, 2.75) is 44.7 Å². The fourth-order valence-corrected chi connectivity index (χ4v) is 4.61. The van der Waals surface area contributed by atoms with Gasteiger partial charge in [-0.05, 0) is 28.3 Å². The van der Waals surface area contributed by atoms with Gasteiger partial charge in [-0.2, -0.15) is 0 Å². The molecule has 0 aliphatic carbocycles. The van der Waals surface area contributed by atoms with Crippen molar-refractivity contribution in [3.8, 4) is 0 Å². The first-order valence-corrected chi connectivity index (χ1v) is 15.6. The van der Waals surface area contributed by atoms with Gasteiger partial charge in [0.05, 0.1) is 26.4 Å². The molecule has 234 valence electrons. The van der Waals surface area contributed by atoms with E-state index in [0.29, 0.717) is 6.41 Å². The van der Waals surface area contributed by atoms with Gasteiger partial charge in [0.15, 0.2) is 6.26 Å². The second kappa shape index (κ2) is 19.2. The number of hydrogen-bond acceptors (Lipinski definition) is 7. The average Bonchev–Trinajstić information content (AvgIpc) is 3.08. The third-order valence-electron chi connectivity index (χ3n) is 6.70. The molecule has 10 heteroatoms. The predicted molar refractivity (Wildman–Crippen MR) is 169 cm³/mol. The van der Waals surface area contributed by atoms with Gasteiger partial charge in [0, 0.05) is 4.57 Å². The van der Waals surface area contributed by atoms with Crippen LogP contribution >= 0.6 is 8.25 Å². The van der Waals surface area contributed by atoms with Crippen LogP contribution in [0.4, 0.5) is 0 Å². The maximum absolute atomic E-state index is 12.2. The molecular formula is C35H37NO8P+. The van der Waals surface area contributed by atoms with Crippen LogP contribution in [0.3, 0.4) is 0 Å². The van der Waals surface area contributed by atoms with Gasteiger partial charge in [0.1, 0.15) is 24.9 Å². The van der Waals surface area contributed by atoms with Crippen molar-refractivity contribution in [3.63, 3.8) is 0 Å². The van der Waals surface area contributed by atoms with Crippen LogP contribution in [0.15, 0.2) is 134 Å². The minimum atomic E-state index is -2.88. The normalized spacial score (nSPS) is 13.6. The molecule has 45 heavy (non-hydrogen) atoms. The smallest absolute Gasteiger partial charge is 0.369 e. The Morgan fingerprint density at radius 3 is 1.56 bits per heavy atom. The number of benzene rings is 4. The molecule has 4 rings (SSSR count). The first-order valence-electron chi connectivity index (χ1n) is 14.5. The summed E-state index contributed by atoms with van der Waals surface area (Å²) in [6.07, 6.45) is 0.806. The van der Waals surface area contributed by atoms with Crippen LogP contribution < -0.4 is 0 Å². The molecule has 0 spiro atoms. The molecule has 0 aliphatic heterocycles. The molecule has 4 aromatic carbocycles. The molecular weight excluding hydrogens is 593 g/mol. The third-order valence-corrected chi connectivity index (χ3v) is 7.01. The predicted octanol–water partition coefficient (Wildman–Crippen LogP) is 6.51. The Hall–Kier alpha value is -4.21. The fourth-order valence-electron chi connectivity index (χ4n) is 4.44. The number of carbonyl (C=O) groups is 1. The molecule has 0 aliphatic rings.